The fraction of sp³-hybridized carbons (Fsp3) is 0.300. The topological polar surface area (TPSA) is 92.5 Å². The van der Waals surface area contributed by atoms with E-state index in [1.54, 1.807) is 11.9 Å². The van der Waals surface area contributed by atoms with Crippen LogP contribution in [0.3, 0.4) is 0 Å². The largest absolute Gasteiger partial charge is 0.340 e. The van der Waals surface area contributed by atoms with E-state index in [2.05, 4.69) is 5.32 Å². The molecule has 0 bridgehead atoms. The highest BCUT2D eigenvalue weighted by molar-refractivity contribution is 6.34. The molecule has 1 N–H and O–H groups in total. The van der Waals surface area contributed by atoms with Crippen molar-refractivity contribution < 1.29 is 14.5 Å². The summed E-state index contributed by atoms with van der Waals surface area (Å²) in [5, 5.41) is 13.5. The molecule has 0 aliphatic heterocycles. The van der Waals surface area contributed by atoms with Gasteiger partial charge in [-0.3, -0.25) is 19.7 Å². The van der Waals surface area contributed by atoms with Crippen LogP contribution >= 0.6 is 11.6 Å². The molecular weight excluding hydrogens is 382 g/mol. The number of halogens is 1. The van der Waals surface area contributed by atoms with Crippen molar-refractivity contribution in [3.63, 3.8) is 0 Å². The van der Waals surface area contributed by atoms with Crippen LogP contribution in [0.1, 0.15) is 29.8 Å². The lowest BCUT2D eigenvalue weighted by atomic mass is 10.0. The molecule has 0 saturated heterocycles. The standard InChI is InChI=1S/C20H22ClN3O4/c1-13(2)18(20(26)23(3)12-14-7-5-4-6-8-14)22-19(25)16-10-9-15(24(27)28)11-17(16)21/h4-11,13,18H,12H2,1-3H3,(H,22,25). The normalized spacial score (nSPS) is 11.8. The Morgan fingerprint density at radius 1 is 1.18 bits per heavy atom. The maximum Gasteiger partial charge on any atom is 0.270 e. The van der Waals surface area contributed by atoms with E-state index in [1.807, 2.05) is 44.2 Å². The number of carbonyl (C=O) groups excluding carboxylic acids is 2. The van der Waals surface area contributed by atoms with Gasteiger partial charge < -0.3 is 10.2 Å². The Hall–Kier alpha value is -2.93. The summed E-state index contributed by atoms with van der Waals surface area (Å²) in [6.45, 7) is 4.07. The summed E-state index contributed by atoms with van der Waals surface area (Å²) in [4.78, 5) is 37.3. The second-order valence-electron chi connectivity index (χ2n) is 6.80. The number of non-ortho nitro benzene ring substituents is 1. The molecule has 0 spiro atoms. The average molecular weight is 404 g/mol. The fourth-order valence-electron chi connectivity index (χ4n) is 2.71. The third-order valence-electron chi connectivity index (χ3n) is 4.27. The van der Waals surface area contributed by atoms with Crippen molar-refractivity contribution in [1.29, 1.82) is 0 Å². The molecule has 2 aromatic carbocycles. The molecule has 0 radical (unpaired) electrons. The first-order chi connectivity index (χ1) is 13.2. The second-order valence-corrected chi connectivity index (χ2v) is 7.20. The highest BCUT2D eigenvalue weighted by Gasteiger charge is 2.28. The van der Waals surface area contributed by atoms with Gasteiger partial charge in [0.25, 0.3) is 11.6 Å². The number of hydrogen-bond donors (Lipinski definition) is 1. The first-order valence-corrected chi connectivity index (χ1v) is 9.12. The number of benzene rings is 2. The van der Waals surface area contributed by atoms with E-state index in [0.29, 0.717) is 6.54 Å². The highest BCUT2D eigenvalue weighted by atomic mass is 35.5. The van der Waals surface area contributed by atoms with Crippen LogP contribution in [0, 0.1) is 16.0 Å². The molecular formula is C20H22ClN3O4. The van der Waals surface area contributed by atoms with E-state index in [-0.39, 0.29) is 28.1 Å². The molecule has 28 heavy (non-hydrogen) atoms. The Bertz CT molecular complexity index is 871. The molecule has 1 unspecified atom stereocenters. The first kappa shape index (κ1) is 21.4. The molecule has 0 aromatic heterocycles. The quantitative estimate of drug-likeness (QED) is 0.564. The summed E-state index contributed by atoms with van der Waals surface area (Å²) >= 11 is 6.02. The lowest BCUT2D eigenvalue weighted by Crippen LogP contribution is -2.50. The summed E-state index contributed by atoms with van der Waals surface area (Å²) < 4.78 is 0. The summed E-state index contributed by atoms with van der Waals surface area (Å²) in [6, 6.07) is 12.4. The van der Waals surface area contributed by atoms with Gasteiger partial charge in [0.1, 0.15) is 6.04 Å². The Kier molecular flexibility index (Phi) is 7.12. The second kappa shape index (κ2) is 9.32. The summed E-state index contributed by atoms with van der Waals surface area (Å²) in [6.07, 6.45) is 0. The third-order valence-corrected chi connectivity index (χ3v) is 4.58. The van der Waals surface area contributed by atoms with E-state index in [9.17, 15) is 19.7 Å². The number of nitrogens with zero attached hydrogens (tertiary/aromatic N) is 2. The van der Waals surface area contributed by atoms with Crippen LogP contribution in [0.15, 0.2) is 48.5 Å². The number of hydrogen-bond acceptors (Lipinski definition) is 4. The van der Waals surface area contributed by atoms with Gasteiger partial charge in [0.15, 0.2) is 0 Å². The van der Waals surface area contributed by atoms with E-state index in [0.717, 1.165) is 11.6 Å². The van der Waals surface area contributed by atoms with Crippen molar-refractivity contribution in [1.82, 2.24) is 10.2 Å². The summed E-state index contributed by atoms with van der Waals surface area (Å²) in [5.74, 6) is -0.947. The maximum absolute atomic E-state index is 12.9. The predicted molar refractivity (Wildman–Crippen MR) is 107 cm³/mol. The average Bonchev–Trinajstić information content (AvgIpc) is 2.65. The SMILES string of the molecule is CC(C)C(NC(=O)c1ccc([N+](=O)[O-])cc1Cl)C(=O)N(C)Cc1ccccc1. The first-order valence-electron chi connectivity index (χ1n) is 8.74. The van der Waals surface area contributed by atoms with Gasteiger partial charge in [-0.1, -0.05) is 55.8 Å². The predicted octanol–water partition coefficient (Wildman–Crippen LogP) is 3.66. The molecule has 0 heterocycles. The lowest BCUT2D eigenvalue weighted by molar-refractivity contribution is -0.384. The molecule has 2 amide bonds. The Morgan fingerprint density at radius 3 is 2.36 bits per heavy atom. The molecule has 0 aliphatic carbocycles. The van der Waals surface area contributed by atoms with Gasteiger partial charge in [-0.2, -0.15) is 0 Å². The molecule has 0 saturated carbocycles. The zero-order chi connectivity index (χ0) is 20.8. The van der Waals surface area contributed by atoms with Gasteiger partial charge in [0, 0.05) is 25.7 Å². The smallest absolute Gasteiger partial charge is 0.270 e. The summed E-state index contributed by atoms with van der Waals surface area (Å²) in [7, 11) is 1.68. The van der Waals surface area contributed by atoms with Gasteiger partial charge >= 0.3 is 0 Å². The number of nitro groups is 1. The van der Waals surface area contributed by atoms with Crippen LogP contribution in [0.5, 0.6) is 0 Å². The van der Waals surface area contributed by atoms with Crippen LogP contribution in [0.4, 0.5) is 5.69 Å². The number of nitrogens with one attached hydrogen (secondary N) is 1. The van der Waals surface area contributed by atoms with Gasteiger partial charge in [0.05, 0.1) is 15.5 Å². The van der Waals surface area contributed by atoms with Crippen LogP contribution in [0.2, 0.25) is 5.02 Å². The molecule has 148 valence electrons. The van der Waals surface area contributed by atoms with Crippen LogP contribution in [-0.2, 0) is 11.3 Å². The number of rotatable bonds is 7. The van der Waals surface area contributed by atoms with Gasteiger partial charge in [-0.15, -0.1) is 0 Å². The fourth-order valence-corrected chi connectivity index (χ4v) is 2.97. The van der Waals surface area contributed by atoms with Gasteiger partial charge in [-0.25, -0.2) is 0 Å². The van der Waals surface area contributed by atoms with Crippen molar-refractivity contribution in [2.45, 2.75) is 26.4 Å². The maximum atomic E-state index is 12.9. The molecule has 2 aromatic rings. The van der Waals surface area contributed by atoms with Crippen molar-refractivity contribution in [3.05, 3.63) is 74.8 Å². The number of likely N-dealkylation sites (N-methyl/N-ethyl adjacent to an activating group) is 1. The zero-order valence-corrected chi connectivity index (χ0v) is 16.6. The summed E-state index contributed by atoms with van der Waals surface area (Å²) in [5.41, 5.74) is 0.850. The van der Waals surface area contributed by atoms with Crippen molar-refractivity contribution in [2.24, 2.45) is 5.92 Å². The van der Waals surface area contributed by atoms with Crippen LogP contribution in [0.25, 0.3) is 0 Å². The molecule has 8 heteroatoms. The Balaban J connectivity index is 2.14. The van der Waals surface area contributed by atoms with Gasteiger partial charge in [0.2, 0.25) is 5.91 Å². The molecule has 0 fully saturated rings. The third kappa shape index (κ3) is 5.29. The van der Waals surface area contributed by atoms with Crippen molar-refractivity contribution >= 4 is 29.1 Å². The molecule has 2 rings (SSSR count). The van der Waals surface area contributed by atoms with E-state index in [4.69, 9.17) is 11.6 Å². The van der Waals surface area contributed by atoms with E-state index >= 15 is 0 Å². The van der Waals surface area contributed by atoms with Crippen LogP contribution < -0.4 is 5.32 Å². The minimum absolute atomic E-state index is 0.0423. The van der Waals surface area contributed by atoms with Gasteiger partial charge in [-0.05, 0) is 17.5 Å². The lowest BCUT2D eigenvalue weighted by Gasteiger charge is -2.27. The molecule has 1 atom stereocenters. The molecule has 7 nitrogen and oxygen atoms in total. The van der Waals surface area contributed by atoms with Crippen molar-refractivity contribution in [2.75, 3.05) is 7.05 Å². The minimum atomic E-state index is -0.757. The van der Waals surface area contributed by atoms with E-state index < -0.39 is 16.9 Å². The Labute approximate surface area is 168 Å². The Morgan fingerprint density at radius 2 is 1.82 bits per heavy atom. The highest BCUT2D eigenvalue weighted by Crippen LogP contribution is 2.23. The number of nitro benzene ring substituents is 1. The number of amides is 2. The zero-order valence-electron chi connectivity index (χ0n) is 15.9. The minimum Gasteiger partial charge on any atom is -0.340 e. The van der Waals surface area contributed by atoms with E-state index in [1.165, 1.54) is 12.1 Å². The molecule has 0 aliphatic rings. The monoisotopic (exact) mass is 403 g/mol. The number of carbonyl (C=O) groups is 2. The van der Waals surface area contributed by atoms with Crippen molar-refractivity contribution in [3.8, 4) is 0 Å². The van der Waals surface area contributed by atoms with Crippen LogP contribution in [-0.4, -0.2) is 34.7 Å².